The number of benzene rings is 3. The SMILES string of the molecule is CCOc1cc(/C=C2\SC(=O)N(CC(=O)Nc3ccc(OC)cc3)C2=O)cc(Br)c1OCc1ccc(Cl)cc1Cl. The number of carbonyl (C=O) groups is 3. The number of halogens is 3. The van der Waals surface area contributed by atoms with Crippen LogP contribution in [0.4, 0.5) is 10.5 Å². The molecule has 208 valence electrons. The molecule has 3 aromatic carbocycles. The van der Waals surface area contributed by atoms with Crippen molar-refractivity contribution in [3.8, 4) is 17.2 Å². The van der Waals surface area contributed by atoms with E-state index in [-0.39, 0.29) is 11.5 Å². The number of thioether (sulfide) groups is 1. The third-order valence-electron chi connectivity index (χ3n) is 5.57. The van der Waals surface area contributed by atoms with Crippen LogP contribution in [0.5, 0.6) is 17.2 Å². The maximum absolute atomic E-state index is 13.0. The number of rotatable bonds is 10. The lowest BCUT2D eigenvalue weighted by atomic mass is 10.1. The molecule has 1 N–H and O–H groups in total. The van der Waals surface area contributed by atoms with Crippen molar-refractivity contribution in [3.63, 3.8) is 0 Å². The first-order chi connectivity index (χ1) is 19.2. The van der Waals surface area contributed by atoms with Crippen molar-refractivity contribution in [2.75, 3.05) is 25.6 Å². The molecule has 1 heterocycles. The lowest BCUT2D eigenvalue weighted by Crippen LogP contribution is -2.36. The predicted octanol–water partition coefficient (Wildman–Crippen LogP) is 7.42. The van der Waals surface area contributed by atoms with Crippen LogP contribution >= 0.6 is 50.9 Å². The second-order valence-electron chi connectivity index (χ2n) is 8.33. The molecule has 0 radical (unpaired) electrons. The average molecular weight is 666 g/mol. The van der Waals surface area contributed by atoms with Gasteiger partial charge in [-0.3, -0.25) is 19.3 Å². The van der Waals surface area contributed by atoms with Crippen LogP contribution in [0.1, 0.15) is 18.1 Å². The number of nitrogens with one attached hydrogen (secondary N) is 1. The molecule has 1 aliphatic heterocycles. The Balaban J connectivity index is 1.48. The zero-order valence-electron chi connectivity index (χ0n) is 21.3. The molecular formula is C28H23BrCl2N2O6S. The highest BCUT2D eigenvalue weighted by Crippen LogP contribution is 2.40. The van der Waals surface area contributed by atoms with Gasteiger partial charge in [0.15, 0.2) is 11.5 Å². The Morgan fingerprint density at radius 1 is 1.07 bits per heavy atom. The quantitative estimate of drug-likeness (QED) is 0.225. The van der Waals surface area contributed by atoms with E-state index >= 15 is 0 Å². The van der Waals surface area contributed by atoms with Crippen LogP contribution in [-0.2, 0) is 16.2 Å². The maximum Gasteiger partial charge on any atom is 0.294 e. The number of anilines is 1. The molecule has 1 aliphatic rings. The first-order valence-corrected chi connectivity index (χ1v) is 14.3. The van der Waals surface area contributed by atoms with Crippen LogP contribution in [0.2, 0.25) is 10.0 Å². The van der Waals surface area contributed by atoms with E-state index in [4.69, 9.17) is 37.4 Å². The van der Waals surface area contributed by atoms with Crippen LogP contribution in [0.25, 0.3) is 6.08 Å². The Bertz CT molecular complexity index is 1480. The lowest BCUT2D eigenvalue weighted by molar-refractivity contribution is -0.127. The minimum atomic E-state index is -0.563. The number of carbonyl (C=O) groups excluding carboxylic acids is 3. The van der Waals surface area contributed by atoms with Gasteiger partial charge in [-0.2, -0.15) is 0 Å². The summed E-state index contributed by atoms with van der Waals surface area (Å²) in [7, 11) is 1.54. The topological polar surface area (TPSA) is 94.2 Å². The Labute approximate surface area is 253 Å². The summed E-state index contributed by atoms with van der Waals surface area (Å²) in [5.74, 6) is 0.461. The number of imide groups is 1. The van der Waals surface area contributed by atoms with Crippen molar-refractivity contribution in [2.24, 2.45) is 0 Å². The monoisotopic (exact) mass is 664 g/mol. The van der Waals surface area contributed by atoms with Gasteiger partial charge in [0.1, 0.15) is 18.9 Å². The fourth-order valence-electron chi connectivity index (χ4n) is 3.67. The molecule has 12 heteroatoms. The van der Waals surface area contributed by atoms with Gasteiger partial charge in [0.05, 0.1) is 23.1 Å². The van der Waals surface area contributed by atoms with Crippen molar-refractivity contribution >= 4 is 79.7 Å². The molecule has 8 nitrogen and oxygen atoms in total. The standard InChI is InChI=1S/C28H23BrCl2N2O6S/c1-3-38-23-11-16(10-21(29)26(23)39-15-17-4-5-18(30)13-22(17)31)12-24-27(35)33(28(36)40-24)14-25(34)32-19-6-8-20(37-2)9-7-19/h4-13H,3,14-15H2,1-2H3,(H,32,34)/b24-12-. The second kappa shape index (κ2) is 13.5. The number of amides is 3. The van der Waals surface area contributed by atoms with Crippen LogP contribution in [0.15, 0.2) is 64.0 Å². The molecule has 0 bridgehead atoms. The average Bonchev–Trinajstić information content (AvgIpc) is 3.17. The van der Waals surface area contributed by atoms with E-state index in [1.54, 1.807) is 67.8 Å². The second-order valence-corrected chi connectivity index (χ2v) is 11.0. The van der Waals surface area contributed by atoms with Gasteiger partial charge in [0.25, 0.3) is 11.1 Å². The molecule has 3 amide bonds. The third kappa shape index (κ3) is 7.31. The van der Waals surface area contributed by atoms with E-state index in [0.29, 0.717) is 49.6 Å². The number of hydrogen-bond donors (Lipinski definition) is 1. The molecule has 0 spiro atoms. The molecule has 0 saturated carbocycles. The smallest absolute Gasteiger partial charge is 0.294 e. The Kier molecular flexibility index (Phi) is 10.0. The van der Waals surface area contributed by atoms with Crippen molar-refractivity contribution in [2.45, 2.75) is 13.5 Å². The lowest BCUT2D eigenvalue weighted by Gasteiger charge is -2.15. The number of nitrogens with zero attached hydrogens (tertiary/aromatic N) is 1. The highest BCUT2D eigenvalue weighted by atomic mass is 79.9. The Morgan fingerprint density at radius 2 is 1.82 bits per heavy atom. The molecule has 0 unspecified atom stereocenters. The van der Waals surface area contributed by atoms with Crippen molar-refractivity contribution in [1.29, 1.82) is 0 Å². The van der Waals surface area contributed by atoms with Crippen LogP contribution in [-0.4, -0.2) is 42.2 Å². The van der Waals surface area contributed by atoms with Gasteiger partial charge in [0.2, 0.25) is 5.91 Å². The fourth-order valence-corrected chi connectivity index (χ4v) is 5.54. The Hall–Kier alpha value is -3.18. The summed E-state index contributed by atoms with van der Waals surface area (Å²) in [5, 5.41) is 3.14. The number of ether oxygens (including phenoxy) is 3. The molecular weight excluding hydrogens is 643 g/mol. The summed E-state index contributed by atoms with van der Waals surface area (Å²) < 4.78 is 17.5. The van der Waals surface area contributed by atoms with Gasteiger partial charge in [-0.15, -0.1) is 0 Å². The first kappa shape index (κ1) is 29.8. The van der Waals surface area contributed by atoms with Gasteiger partial charge in [-0.1, -0.05) is 29.3 Å². The molecule has 40 heavy (non-hydrogen) atoms. The molecule has 0 aliphatic carbocycles. The normalized spacial score (nSPS) is 14.0. The molecule has 3 aromatic rings. The zero-order chi connectivity index (χ0) is 28.8. The largest absolute Gasteiger partial charge is 0.497 e. The van der Waals surface area contributed by atoms with Crippen molar-refractivity contribution < 1.29 is 28.6 Å². The molecule has 0 aromatic heterocycles. The minimum absolute atomic E-state index is 0.172. The van der Waals surface area contributed by atoms with E-state index in [2.05, 4.69) is 21.2 Å². The first-order valence-electron chi connectivity index (χ1n) is 11.9. The summed E-state index contributed by atoms with van der Waals surface area (Å²) in [6.07, 6.45) is 1.57. The van der Waals surface area contributed by atoms with E-state index in [9.17, 15) is 14.4 Å². The fraction of sp³-hybridized carbons (Fsp3) is 0.179. The van der Waals surface area contributed by atoms with Crippen LogP contribution in [0.3, 0.4) is 0 Å². The van der Waals surface area contributed by atoms with E-state index in [0.717, 1.165) is 22.2 Å². The van der Waals surface area contributed by atoms with Gasteiger partial charge < -0.3 is 19.5 Å². The van der Waals surface area contributed by atoms with E-state index < -0.39 is 23.6 Å². The predicted molar refractivity (Wildman–Crippen MR) is 160 cm³/mol. The van der Waals surface area contributed by atoms with Crippen molar-refractivity contribution in [3.05, 3.63) is 85.1 Å². The molecule has 1 fully saturated rings. The summed E-state index contributed by atoms with van der Waals surface area (Å²) in [5.41, 5.74) is 1.86. The number of hydrogen-bond acceptors (Lipinski definition) is 7. The summed E-state index contributed by atoms with van der Waals surface area (Å²) in [6.45, 7) is 1.96. The van der Waals surface area contributed by atoms with Gasteiger partial charge >= 0.3 is 0 Å². The highest BCUT2D eigenvalue weighted by Gasteiger charge is 2.36. The molecule has 1 saturated heterocycles. The molecule has 4 rings (SSSR count). The highest BCUT2D eigenvalue weighted by molar-refractivity contribution is 9.10. The minimum Gasteiger partial charge on any atom is -0.497 e. The summed E-state index contributed by atoms with van der Waals surface area (Å²) >= 11 is 16.5. The van der Waals surface area contributed by atoms with Crippen LogP contribution < -0.4 is 19.5 Å². The molecule has 0 atom stereocenters. The Morgan fingerprint density at radius 3 is 2.50 bits per heavy atom. The summed E-state index contributed by atoms with van der Waals surface area (Å²) in [4.78, 5) is 39.2. The van der Waals surface area contributed by atoms with Gasteiger partial charge in [0, 0.05) is 21.3 Å². The van der Waals surface area contributed by atoms with E-state index in [1.807, 2.05) is 6.92 Å². The maximum atomic E-state index is 13.0. The van der Waals surface area contributed by atoms with Gasteiger partial charge in [-0.05, 0) is 94.8 Å². The number of methoxy groups -OCH3 is 1. The van der Waals surface area contributed by atoms with E-state index in [1.165, 1.54) is 0 Å². The third-order valence-corrected chi connectivity index (χ3v) is 7.65. The van der Waals surface area contributed by atoms with Gasteiger partial charge in [-0.25, -0.2) is 0 Å². The summed E-state index contributed by atoms with van der Waals surface area (Å²) in [6, 6.07) is 15.3. The van der Waals surface area contributed by atoms with Crippen LogP contribution in [0, 0.1) is 0 Å². The van der Waals surface area contributed by atoms with Crippen molar-refractivity contribution in [1.82, 2.24) is 4.90 Å². The zero-order valence-corrected chi connectivity index (χ0v) is 25.2.